The van der Waals surface area contributed by atoms with Crippen molar-refractivity contribution in [2.45, 2.75) is 0 Å². The highest BCUT2D eigenvalue weighted by Gasteiger charge is 2.10. The average Bonchev–Trinajstić information content (AvgIpc) is 2.16. The minimum absolute atomic E-state index is 0.0488. The molecule has 0 fully saturated rings. The van der Waals surface area contributed by atoms with Crippen LogP contribution in [0.3, 0.4) is 0 Å². The van der Waals surface area contributed by atoms with Gasteiger partial charge in [0.2, 0.25) is 16.9 Å². The minimum atomic E-state index is -0.695. The van der Waals surface area contributed by atoms with Crippen LogP contribution in [-0.4, -0.2) is 20.2 Å². The van der Waals surface area contributed by atoms with Crippen LogP contribution in [0.5, 0.6) is 5.75 Å². The average molecular weight is 184 g/mol. The highest BCUT2D eigenvalue weighted by molar-refractivity contribution is 5.85. The zero-order valence-electron chi connectivity index (χ0n) is 7.20. The molecule has 0 spiro atoms. The Hall–Kier alpha value is -1.78. The van der Waals surface area contributed by atoms with Gasteiger partial charge in [-0.1, -0.05) is 0 Å². The molecule has 0 N–H and O–H groups in total. The van der Waals surface area contributed by atoms with Crippen molar-refractivity contribution in [3.8, 4) is 5.75 Å². The van der Waals surface area contributed by atoms with Crippen LogP contribution >= 0.6 is 0 Å². The van der Waals surface area contributed by atoms with E-state index in [1.165, 1.54) is 14.2 Å². The number of rotatable bonds is 2. The molecule has 70 valence electrons. The van der Waals surface area contributed by atoms with Crippen molar-refractivity contribution >= 4 is 5.97 Å². The lowest BCUT2D eigenvalue weighted by molar-refractivity contribution is 0.0561. The Kier molecular flexibility index (Phi) is 2.69. The first-order valence-electron chi connectivity index (χ1n) is 3.44. The fourth-order valence-electron chi connectivity index (χ4n) is 0.756. The second-order valence-corrected chi connectivity index (χ2v) is 2.17. The lowest BCUT2D eigenvalue weighted by atomic mass is 10.4. The van der Waals surface area contributed by atoms with Crippen molar-refractivity contribution in [3.05, 3.63) is 28.3 Å². The first-order chi connectivity index (χ1) is 6.19. The van der Waals surface area contributed by atoms with Crippen LogP contribution in [0.2, 0.25) is 0 Å². The molecule has 1 heterocycles. The number of carbonyl (C=O) groups excluding carboxylic acids is 1. The summed E-state index contributed by atoms with van der Waals surface area (Å²) in [4.78, 5) is 22.0. The standard InChI is InChI=1S/C8H8O5/c1-11-7-4-13-6(3-5(7)9)8(10)12-2/h3-4H,1-2H3. The molecule has 0 radical (unpaired) electrons. The largest absolute Gasteiger partial charge is 0.490 e. The summed E-state index contributed by atoms with van der Waals surface area (Å²) in [6, 6.07) is 1.02. The number of hydrogen-bond donors (Lipinski definition) is 0. The molecule has 0 aliphatic rings. The highest BCUT2D eigenvalue weighted by Crippen LogP contribution is 2.05. The number of hydrogen-bond acceptors (Lipinski definition) is 5. The van der Waals surface area contributed by atoms with Crippen LogP contribution in [0.1, 0.15) is 10.6 Å². The molecular formula is C8H8O5. The molecule has 0 aromatic carbocycles. The third-order valence-electron chi connectivity index (χ3n) is 1.40. The second kappa shape index (κ2) is 3.75. The summed E-state index contributed by atoms with van der Waals surface area (Å²) in [7, 11) is 2.54. The van der Waals surface area contributed by atoms with E-state index in [1.807, 2.05) is 0 Å². The minimum Gasteiger partial charge on any atom is -0.490 e. The fraction of sp³-hybridized carbons (Fsp3) is 0.250. The number of methoxy groups -OCH3 is 2. The van der Waals surface area contributed by atoms with Gasteiger partial charge in [0, 0.05) is 6.07 Å². The summed E-state index contributed by atoms with van der Waals surface area (Å²) in [5, 5.41) is 0. The lowest BCUT2D eigenvalue weighted by Crippen LogP contribution is -2.09. The van der Waals surface area contributed by atoms with Gasteiger partial charge in [-0.05, 0) is 0 Å². The van der Waals surface area contributed by atoms with E-state index in [1.54, 1.807) is 0 Å². The summed E-state index contributed by atoms with van der Waals surface area (Å²) in [5.41, 5.74) is -0.422. The van der Waals surface area contributed by atoms with Crippen molar-refractivity contribution in [1.29, 1.82) is 0 Å². The number of carbonyl (C=O) groups is 1. The van der Waals surface area contributed by atoms with E-state index in [2.05, 4.69) is 9.47 Å². The smallest absolute Gasteiger partial charge is 0.374 e. The fourth-order valence-corrected chi connectivity index (χ4v) is 0.756. The summed E-state index contributed by atoms with van der Waals surface area (Å²) in [6.07, 6.45) is 1.06. The maximum atomic E-state index is 11.1. The quantitative estimate of drug-likeness (QED) is 0.624. The van der Waals surface area contributed by atoms with Crippen molar-refractivity contribution < 1.29 is 18.7 Å². The Morgan fingerprint density at radius 2 is 2.15 bits per heavy atom. The summed E-state index contributed by atoms with van der Waals surface area (Å²) >= 11 is 0. The SMILES string of the molecule is COC(=O)c1cc(=O)c(OC)co1. The van der Waals surface area contributed by atoms with Crippen LogP contribution in [0.4, 0.5) is 0 Å². The predicted octanol–water partition coefficient (Wildman–Crippen LogP) is 0.435. The van der Waals surface area contributed by atoms with Crippen LogP contribution in [0.15, 0.2) is 21.5 Å². The van der Waals surface area contributed by atoms with Crippen LogP contribution in [0.25, 0.3) is 0 Å². The Balaban J connectivity index is 3.10. The Labute approximate surface area is 73.9 Å². The molecule has 1 aromatic heterocycles. The van der Waals surface area contributed by atoms with Gasteiger partial charge < -0.3 is 13.9 Å². The van der Waals surface area contributed by atoms with Gasteiger partial charge >= 0.3 is 5.97 Å². The van der Waals surface area contributed by atoms with Crippen LogP contribution in [-0.2, 0) is 4.74 Å². The van der Waals surface area contributed by atoms with E-state index >= 15 is 0 Å². The summed E-state index contributed by atoms with van der Waals surface area (Å²) in [5.74, 6) is -0.791. The molecule has 0 atom stereocenters. The van der Waals surface area contributed by atoms with E-state index < -0.39 is 11.4 Å². The zero-order chi connectivity index (χ0) is 9.84. The maximum absolute atomic E-state index is 11.1. The number of esters is 1. The molecule has 0 saturated carbocycles. The second-order valence-electron chi connectivity index (χ2n) is 2.17. The van der Waals surface area contributed by atoms with Gasteiger partial charge in [-0.2, -0.15) is 0 Å². The van der Waals surface area contributed by atoms with E-state index in [9.17, 15) is 9.59 Å². The molecule has 0 aliphatic heterocycles. The molecule has 0 bridgehead atoms. The molecular weight excluding hydrogens is 176 g/mol. The van der Waals surface area contributed by atoms with Crippen molar-refractivity contribution in [2.75, 3.05) is 14.2 Å². The molecule has 1 aromatic rings. The topological polar surface area (TPSA) is 65.7 Å². The molecule has 5 nitrogen and oxygen atoms in total. The van der Waals surface area contributed by atoms with E-state index in [0.29, 0.717) is 0 Å². The van der Waals surface area contributed by atoms with Gasteiger partial charge in [-0.15, -0.1) is 0 Å². The van der Waals surface area contributed by atoms with Gasteiger partial charge in [0.25, 0.3) is 0 Å². The lowest BCUT2D eigenvalue weighted by Gasteiger charge is -1.99. The van der Waals surface area contributed by atoms with Crippen molar-refractivity contribution in [1.82, 2.24) is 0 Å². The van der Waals surface area contributed by atoms with Gasteiger partial charge in [0.15, 0.2) is 0 Å². The molecule has 5 heteroatoms. The Morgan fingerprint density at radius 3 is 2.62 bits per heavy atom. The van der Waals surface area contributed by atoms with Crippen molar-refractivity contribution in [2.24, 2.45) is 0 Å². The van der Waals surface area contributed by atoms with Gasteiger partial charge in [0.1, 0.15) is 6.26 Å². The molecule has 0 unspecified atom stereocenters. The molecule has 0 amide bonds. The van der Waals surface area contributed by atoms with Gasteiger partial charge in [-0.3, -0.25) is 4.79 Å². The Bertz CT molecular complexity index is 365. The molecule has 1 rings (SSSR count). The normalized spacial score (nSPS) is 9.38. The van der Waals surface area contributed by atoms with E-state index in [-0.39, 0.29) is 11.5 Å². The maximum Gasteiger partial charge on any atom is 0.374 e. The number of ether oxygens (including phenoxy) is 2. The first-order valence-corrected chi connectivity index (χ1v) is 3.44. The third-order valence-corrected chi connectivity index (χ3v) is 1.40. The zero-order valence-corrected chi connectivity index (χ0v) is 7.20. The highest BCUT2D eigenvalue weighted by atomic mass is 16.5. The third kappa shape index (κ3) is 1.87. The molecule has 0 saturated heterocycles. The predicted molar refractivity (Wildman–Crippen MR) is 42.9 cm³/mol. The van der Waals surface area contributed by atoms with Gasteiger partial charge in [-0.25, -0.2) is 4.79 Å². The monoisotopic (exact) mass is 184 g/mol. The summed E-state index contributed by atoms with van der Waals surface area (Å²) < 4.78 is 13.8. The van der Waals surface area contributed by atoms with E-state index in [0.717, 1.165) is 12.3 Å². The van der Waals surface area contributed by atoms with Crippen LogP contribution < -0.4 is 10.2 Å². The van der Waals surface area contributed by atoms with Gasteiger partial charge in [0.05, 0.1) is 14.2 Å². The molecule has 13 heavy (non-hydrogen) atoms. The van der Waals surface area contributed by atoms with Crippen molar-refractivity contribution in [3.63, 3.8) is 0 Å². The van der Waals surface area contributed by atoms with E-state index in [4.69, 9.17) is 4.42 Å². The molecule has 0 aliphatic carbocycles. The van der Waals surface area contributed by atoms with Crippen LogP contribution in [0, 0.1) is 0 Å². The summed E-state index contributed by atoms with van der Waals surface area (Å²) in [6.45, 7) is 0. The first kappa shape index (κ1) is 9.31. The Morgan fingerprint density at radius 1 is 1.46 bits per heavy atom.